The molecule has 1 saturated carbocycles. The average molecular weight is 511 g/mol. The van der Waals surface area contributed by atoms with Crippen molar-refractivity contribution in [3.05, 3.63) is 70.5 Å². The minimum Gasteiger partial charge on any atom is -0.373 e. The largest absolute Gasteiger partial charge is 0.373 e. The van der Waals surface area contributed by atoms with Crippen LogP contribution in [0.5, 0.6) is 0 Å². The van der Waals surface area contributed by atoms with Gasteiger partial charge in [0.05, 0.1) is 24.7 Å². The summed E-state index contributed by atoms with van der Waals surface area (Å²) in [5, 5.41) is 8.49. The molecule has 1 aromatic carbocycles. The topological polar surface area (TPSA) is 88.1 Å². The summed E-state index contributed by atoms with van der Waals surface area (Å²) in [5.74, 6) is 0.349. The number of benzene rings is 1. The summed E-state index contributed by atoms with van der Waals surface area (Å²) in [6.07, 6.45) is 8.56. The van der Waals surface area contributed by atoms with E-state index in [0.29, 0.717) is 36.8 Å². The number of morpholine rings is 1. The summed E-state index contributed by atoms with van der Waals surface area (Å²) in [6, 6.07) is 11.2. The summed E-state index contributed by atoms with van der Waals surface area (Å²) in [5.41, 5.74) is 4.10. The zero-order valence-electron chi connectivity index (χ0n) is 21.0. The maximum absolute atomic E-state index is 12.4. The van der Waals surface area contributed by atoms with Gasteiger partial charge in [-0.2, -0.15) is 5.10 Å². The van der Waals surface area contributed by atoms with Crippen molar-refractivity contribution >= 4 is 17.5 Å². The van der Waals surface area contributed by atoms with Gasteiger partial charge in [0.2, 0.25) is 0 Å². The van der Waals surface area contributed by atoms with Crippen LogP contribution in [0, 0.1) is 6.92 Å². The van der Waals surface area contributed by atoms with Crippen LogP contribution in [0.1, 0.15) is 59.0 Å². The zero-order chi connectivity index (χ0) is 25.1. The number of aromatic nitrogens is 4. The standard InChI is InChI=1S/C27H35ClN6O2/c1-18-11-25(32-33(18)2)20-5-9-22(10-6-20)34-15-24(13-30-27(35)26-14-29-17-31-26)36-16-23(34)12-19-3-7-21(28)8-4-19/h3-4,7-8,11,14,17,20,22-24H,5-6,9-10,12-13,15-16H2,1-2H3,(H,29,31)(H,30,35)/t20?,22?,23-,24-/m0/s1. The lowest BCUT2D eigenvalue weighted by atomic mass is 9.82. The molecular formula is C27H35ClN6O2. The fourth-order valence-corrected chi connectivity index (χ4v) is 5.72. The summed E-state index contributed by atoms with van der Waals surface area (Å²) < 4.78 is 8.24. The molecule has 9 heteroatoms. The SMILES string of the molecule is Cc1cc(C2CCC(N3C[C@H](CNC(=O)c4c[nH]cn4)OC[C@@H]3Cc3ccc(Cl)cc3)CC2)nn1C. The van der Waals surface area contributed by atoms with Crippen LogP contribution in [0.25, 0.3) is 0 Å². The van der Waals surface area contributed by atoms with Crippen LogP contribution in [-0.2, 0) is 18.2 Å². The Kier molecular flexibility index (Phi) is 7.74. The van der Waals surface area contributed by atoms with Crippen LogP contribution in [0.2, 0.25) is 5.02 Å². The van der Waals surface area contributed by atoms with Gasteiger partial charge in [-0.3, -0.25) is 14.4 Å². The molecule has 0 bridgehead atoms. The van der Waals surface area contributed by atoms with Gasteiger partial charge in [-0.05, 0) is 62.8 Å². The Morgan fingerprint density at radius 2 is 2.00 bits per heavy atom. The van der Waals surface area contributed by atoms with E-state index in [0.717, 1.165) is 43.7 Å². The number of H-pyrrole nitrogens is 1. The minimum atomic E-state index is -0.180. The third-order valence-electron chi connectivity index (χ3n) is 7.73. The predicted molar refractivity (Wildman–Crippen MR) is 139 cm³/mol. The molecule has 8 nitrogen and oxygen atoms in total. The molecule has 192 valence electrons. The molecule has 0 unspecified atom stereocenters. The smallest absolute Gasteiger partial charge is 0.271 e. The number of halogens is 1. The quantitative estimate of drug-likeness (QED) is 0.503. The van der Waals surface area contributed by atoms with Crippen molar-refractivity contribution in [3.8, 4) is 0 Å². The lowest BCUT2D eigenvalue weighted by Gasteiger charge is -2.46. The third-order valence-corrected chi connectivity index (χ3v) is 7.98. The van der Waals surface area contributed by atoms with Crippen molar-refractivity contribution in [1.82, 2.24) is 30.0 Å². The van der Waals surface area contributed by atoms with E-state index in [1.54, 1.807) is 6.20 Å². The first-order chi connectivity index (χ1) is 17.5. The first kappa shape index (κ1) is 25.0. The number of aromatic amines is 1. The number of hydrogen-bond donors (Lipinski definition) is 2. The maximum Gasteiger partial charge on any atom is 0.271 e. The van der Waals surface area contributed by atoms with E-state index in [2.05, 4.69) is 45.3 Å². The molecule has 2 atom stereocenters. The molecule has 3 aromatic rings. The summed E-state index contributed by atoms with van der Waals surface area (Å²) in [7, 11) is 2.02. The van der Waals surface area contributed by atoms with E-state index in [1.165, 1.54) is 23.3 Å². The van der Waals surface area contributed by atoms with Crippen LogP contribution < -0.4 is 5.32 Å². The summed E-state index contributed by atoms with van der Waals surface area (Å²) >= 11 is 6.11. The van der Waals surface area contributed by atoms with Crippen molar-refractivity contribution in [2.45, 2.75) is 63.1 Å². The monoisotopic (exact) mass is 510 g/mol. The van der Waals surface area contributed by atoms with Gasteiger partial charge in [-0.25, -0.2) is 4.98 Å². The molecule has 0 spiro atoms. The van der Waals surface area contributed by atoms with Gasteiger partial charge in [0, 0.05) is 55.1 Å². The van der Waals surface area contributed by atoms with Crippen molar-refractivity contribution in [1.29, 1.82) is 0 Å². The van der Waals surface area contributed by atoms with Gasteiger partial charge in [0.1, 0.15) is 5.69 Å². The Morgan fingerprint density at radius 3 is 2.67 bits per heavy atom. The lowest BCUT2D eigenvalue weighted by Crippen LogP contribution is -2.57. The van der Waals surface area contributed by atoms with E-state index < -0.39 is 0 Å². The summed E-state index contributed by atoms with van der Waals surface area (Å²) in [4.78, 5) is 21.9. The number of aryl methyl sites for hydroxylation is 2. The van der Waals surface area contributed by atoms with Crippen LogP contribution in [0.15, 0.2) is 42.9 Å². The van der Waals surface area contributed by atoms with Gasteiger partial charge < -0.3 is 15.0 Å². The van der Waals surface area contributed by atoms with Crippen molar-refractivity contribution in [2.24, 2.45) is 7.05 Å². The van der Waals surface area contributed by atoms with E-state index in [-0.39, 0.29) is 12.0 Å². The van der Waals surface area contributed by atoms with E-state index in [9.17, 15) is 4.79 Å². The van der Waals surface area contributed by atoms with Crippen LogP contribution in [0.4, 0.5) is 0 Å². The Balaban J connectivity index is 1.24. The number of nitrogens with zero attached hydrogens (tertiary/aromatic N) is 4. The molecule has 3 heterocycles. The molecule has 5 rings (SSSR count). The molecule has 36 heavy (non-hydrogen) atoms. The normalized spacial score (nSPS) is 25.1. The zero-order valence-corrected chi connectivity index (χ0v) is 21.7. The number of amides is 1. The predicted octanol–water partition coefficient (Wildman–Crippen LogP) is 3.87. The molecule has 1 aliphatic heterocycles. The number of imidazole rings is 1. The minimum absolute atomic E-state index is 0.0504. The van der Waals surface area contributed by atoms with Crippen molar-refractivity contribution in [2.75, 3.05) is 19.7 Å². The lowest BCUT2D eigenvalue weighted by molar-refractivity contribution is -0.0822. The molecular weight excluding hydrogens is 476 g/mol. The second-order valence-corrected chi connectivity index (χ2v) is 10.6. The van der Waals surface area contributed by atoms with Crippen molar-refractivity contribution in [3.63, 3.8) is 0 Å². The Bertz CT molecular complexity index is 1120. The van der Waals surface area contributed by atoms with E-state index in [4.69, 9.17) is 21.4 Å². The van der Waals surface area contributed by atoms with Gasteiger partial charge in [0.15, 0.2) is 0 Å². The highest BCUT2D eigenvalue weighted by Gasteiger charge is 2.36. The molecule has 2 fully saturated rings. The summed E-state index contributed by atoms with van der Waals surface area (Å²) in [6.45, 7) is 4.03. The van der Waals surface area contributed by atoms with Gasteiger partial charge in [-0.1, -0.05) is 23.7 Å². The highest BCUT2D eigenvalue weighted by atomic mass is 35.5. The molecule has 2 aliphatic rings. The molecule has 2 N–H and O–H groups in total. The number of carbonyl (C=O) groups excluding carboxylic acids is 1. The van der Waals surface area contributed by atoms with Gasteiger partial charge >= 0.3 is 0 Å². The molecule has 0 radical (unpaired) electrons. The maximum atomic E-state index is 12.4. The fraction of sp³-hybridized carbons (Fsp3) is 0.519. The number of rotatable bonds is 7. The van der Waals surface area contributed by atoms with Gasteiger partial charge in [-0.15, -0.1) is 0 Å². The average Bonchev–Trinajstić information content (AvgIpc) is 3.55. The highest BCUT2D eigenvalue weighted by molar-refractivity contribution is 6.30. The molecule has 1 saturated heterocycles. The number of hydrogen-bond acceptors (Lipinski definition) is 5. The van der Waals surface area contributed by atoms with E-state index in [1.807, 2.05) is 23.9 Å². The Morgan fingerprint density at radius 1 is 1.22 bits per heavy atom. The van der Waals surface area contributed by atoms with E-state index >= 15 is 0 Å². The van der Waals surface area contributed by atoms with Crippen LogP contribution in [0.3, 0.4) is 0 Å². The van der Waals surface area contributed by atoms with Gasteiger partial charge in [0.25, 0.3) is 5.91 Å². The number of nitrogens with one attached hydrogen (secondary N) is 2. The Labute approximate surface area is 217 Å². The van der Waals surface area contributed by atoms with Crippen LogP contribution in [-0.4, -0.2) is 68.4 Å². The number of ether oxygens (including phenoxy) is 1. The Hall–Kier alpha value is -2.68. The molecule has 2 aromatic heterocycles. The van der Waals surface area contributed by atoms with Crippen LogP contribution >= 0.6 is 11.6 Å². The second-order valence-electron chi connectivity index (χ2n) is 10.1. The van der Waals surface area contributed by atoms with Crippen molar-refractivity contribution < 1.29 is 9.53 Å². The third kappa shape index (κ3) is 5.82. The number of carbonyl (C=O) groups is 1. The second kappa shape index (κ2) is 11.2. The first-order valence-corrected chi connectivity index (χ1v) is 13.2. The molecule has 1 amide bonds. The molecule has 1 aliphatic carbocycles. The first-order valence-electron chi connectivity index (χ1n) is 12.9. The highest BCUT2D eigenvalue weighted by Crippen LogP contribution is 2.36. The fourth-order valence-electron chi connectivity index (χ4n) is 5.59.